The Balaban J connectivity index is 1.83. The molecular weight excluding hydrogens is 484 g/mol. The molecule has 0 saturated carbocycles. The summed E-state index contributed by atoms with van der Waals surface area (Å²) >= 11 is 0. The third-order valence-electron chi connectivity index (χ3n) is 6.95. The van der Waals surface area contributed by atoms with E-state index >= 15 is 0 Å². The van der Waals surface area contributed by atoms with Gasteiger partial charge in [0.2, 0.25) is 0 Å². The van der Waals surface area contributed by atoms with E-state index in [0.29, 0.717) is 11.3 Å². The molecule has 1 atom stereocenters. The van der Waals surface area contributed by atoms with E-state index in [0.717, 1.165) is 68.2 Å². The van der Waals surface area contributed by atoms with Gasteiger partial charge in [-0.15, -0.1) is 0 Å². The molecule has 2 rings (SSSR count). The van der Waals surface area contributed by atoms with Crippen molar-refractivity contribution in [2.75, 3.05) is 13.2 Å². The van der Waals surface area contributed by atoms with E-state index in [1.54, 1.807) is 6.07 Å². The molecule has 0 bridgehead atoms. The molecule has 3 N–H and O–H groups in total. The summed E-state index contributed by atoms with van der Waals surface area (Å²) in [7, 11) is 0. The second-order valence-corrected chi connectivity index (χ2v) is 10.5. The van der Waals surface area contributed by atoms with Crippen molar-refractivity contribution in [3.05, 3.63) is 58.2 Å². The number of hydrogen-bond donors (Lipinski definition) is 3. The molecule has 1 aliphatic rings. The predicted octanol–water partition coefficient (Wildman–Crippen LogP) is 5.99. The fraction of sp³-hybridized carbons (Fsp3) is 0.548. The Hall–Kier alpha value is -2.90. The van der Waals surface area contributed by atoms with Crippen molar-refractivity contribution in [2.24, 2.45) is 0 Å². The predicted molar refractivity (Wildman–Crippen MR) is 149 cm³/mol. The molecule has 1 aliphatic heterocycles. The first-order chi connectivity index (χ1) is 18.0. The van der Waals surface area contributed by atoms with Gasteiger partial charge in [0.1, 0.15) is 17.1 Å². The van der Waals surface area contributed by atoms with Gasteiger partial charge in [0.15, 0.2) is 0 Å². The third-order valence-corrected chi connectivity index (χ3v) is 6.95. The van der Waals surface area contributed by atoms with Gasteiger partial charge in [0.05, 0.1) is 26.1 Å². The van der Waals surface area contributed by atoms with Gasteiger partial charge in [-0.25, -0.2) is 0 Å². The van der Waals surface area contributed by atoms with Gasteiger partial charge in [-0.3, -0.25) is 9.59 Å². The average molecular weight is 529 g/mol. The lowest BCUT2D eigenvalue weighted by molar-refractivity contribution is -0.142. The first-order valence-corrected chi connectivity index (χ1v) is 13.5. The largest absolute Gasteiger partial charge is 0.487 e. The summed E-state index contributed by atoms with van der Waals surface area (Å²) < 4.78 is 11.8. The smallest absolute Gasteiger partial charge is 0.311 e. The van der Waals surface area contributed by atoms with Crippen LogP contribution in [0.1, 0.15) is 89.7 Å². The Labute approximate surface area is 226 Å². The number of esters is 1. The number of carboxylic acids is 1. The second kappa shape index (κ2) is 15.5. The molecule has 0 aromatic heterocycles. The Morgan fingerprint density at radius 3 is 2.24 bits per heavy atom. The van der Waals surface area contributed by atoms with E-state index in [-0.39, 0.29) is 31.7 Å². The summed E-state index contributed by atoms with van der Waals surface area (Å²) in [4.78, 5) is 22.6. The molecule has 0 fully saturated rings. The van der Waals surface area contributed by atoms with Crippen LogP contribution >= 0.6 is 0 Å². The Kier molecular flexibility index (Phi) is 12.8. The van der Waals surface area contributed by atoms with E-state index in [2.05, 4.69) is 32.9 Å². The second-order valence-electron chi connectivity index (χ2n) is 10.5. The first kappa shape index (κ1) is 31.3. The Bertz CT molecular complexity index is 1040. The molecule has 1 aromatic carbocycles. The molecule has 1 aromatic rings. The normalized spacial score (nSPS) is 17.4. The summed E-state index contributed by atoms with van der Waals surface area (Å²) in [5.41, 5.74) is 5.01. The van der Waals surface area contributed by atoms with Crippen LogP contribution in [-0.4, -0.2) is 46.1 Å². The van der Waals surface area contributed by atoms with Gasteiger partial charge in [0, 0.05) is 0 Å². The molecule has 0 aliphatic carbocycles. The van der Waals surface area contributed by atoms with Crippen LogP contribution in [0.15, 0.2) is 47.1 Å². The number of benzene rings is 1. The number of fused-ring (bicyclic) bond motifs is 1. The number of aliphatic hydroxyl groups excluding tert-OH is 2. The van der Waals surface area contributed by atoms with E-state index in [1.165, 1.54) is 11.1 Å². The molecule has 0 unspecified atom stereocenters. The van der Waals surface area contributed by atoms with Crippen LogP contribution in [0.3, 0.4) is 0 Å². The number of ether oxygens (including phenoxy) is 2. The molecule has 210 valence electrons. The van der Waals surface area contributed by atoms with Crippen LogP contribution < -0.4 is 9.47 Å². The number of carboxylic acid groups (broad SMARTS) is 1. The van der Waals surface area contributed by atoms with Crippen LogP contribution in [0, 0.1) is 6.92 Å². The van der Waals surface area contributed by atoms with Crippen LogP contribution in [0.5, 0.6) is 11.5 Å². The average Bonchev–Trinajstić information content (AvgIpc) is 2.86. The standard InChI is InChI=1S/C31H44O7/c1-22(10-6-12-25(20-32)21-33)8-5-9-23(2)11-7-16-31(4)17-15-26-19-27(18-24(3)30(26)38-31)37-29(36)14-13-28(34)35/h8,11-12,18-19,32-33H,5-7,9-10,13-17,20-21H2,1-4H3,(H,34,35)/b22-8+,23-11+/t31-/m1/s1. The lowest BCUT2D eigenvalue weighted by Gasteiger charge is -2.37. The number of carbonyl (C=O) groups is 2. The van der Waals surface area contributed by atoms with Crippen molar-refractivity contribution in [3.8, 4) is 11.5 Å². The van der Waals surface area contributed by atoms with Crippen molar-refractivity contribution in [1.82, 2.24) is 0 Å². The number of rotatable bonds is 15. The number of carbonyl (C=O) groups excluding carboxylic acids is 1. The van der Waals surface area contributed by atoms with E-state index in [1.807, 2.05) is 19.1 Å². The highest BCUT2D eigenvalue weighted by Crippen LogP contribution is 2.40. The fourth-order valence-corrected chi connectivity index (χ4v) is 4.52. The van der Waals surface area contributed by atoms with Gasteiger partial charge in [-0.1, -0.05) is 29.4 Å². The monoisotopic (exact) mass is 528 g/mol. The number of aliphatic hydroxyl groups is 2. The minimum atomic E-state index is -1.02. The van der Waals surface area contributed by atoms with Crippen molar-refractivity contribution in [3.63, 3.8) is 0 Å². The zero-order valence-electron chi connectivity index (χ0n) is 23.3. The maximum Gasteiger partial charge on any atom is 0.311 e. The molecule has 0 radical (unpaired) electrons. The minimum absolute atomic E-state index is 0.0882. The van der Waals surface area contributed by atoms with Crippen molar-refractivity contribution in [1.29, 1.82) is 0 Å². The van der Waals surface area contributed by atoms with Crippen LogP contribution in [0.4, 0.5) is 0 Å². The lowest BCUT2D eigenvalue weighted by Crippen LogP contribution is -2.36. The lowest BCUT2D eigenvalue weighted by atomic mass is 9.87. The Morgan fingerprint density at radius 2 is 1.61 bits per heavy atom. The van der Waals surface area contributed by atoms with Crippen LogP contribution in [-0.2, 0) is 16.0 Å². The molecule has 0 spiro atoms. The first-order valence-electron chi connectivity index (χ1n) is 13.5. The van der Waals surface area contributed by atoms with E-state index in [9.17, 15) is 9.59 Å². The number of aliphatic carboxylic acids is 1. The highest BCUT2D eigenvalue weighted by atomic mass is 16.5. The van der Waals surface area contributed by atoms with Crippen molar-refractivity contribution in [2.45, 2.75) is 97.5 Å². The summed E-state index contributed by atoms with van der Waals surface area (Å²) in [6.45, 7) is 8.21. The molecule has 38 heavy (non-hydrogen) atoms. The summed E-state index contributed by atoms with van der Waals surface area (Å²) in [6.07, 6.45) is 13.4. The van der Waals surface area contributed by atoms with Crippen LogP contribution in [0.25, 0.3) is 0 Å². The maximum absolute atomic E-state index is 11.9. The number of allylic oxidation sites excluding steroid dienone is 5. The summed E-state index contributed by atoms with van der Waals surface area (Å²) in [5, 5.41) is 26.9. The van der Waals surface area contributed by atoms with Crippen molar-refractivity contribution >= 4 is 11.9 Å². The Morgan fingerprint density at radius 1 is 0.974 bits per heavy atom. The summed E-state index contributed by atoms with van der Waals surface area (Å²) in [5.74, 6) is -0.285. The maximum atomic E-state index is 11.9. The highest BCUT2D eigenvalue weighted by Gasteiger charge is 2.32. The fourth-order valence-electron chi connectivity index (χ4n) is 4.52. The van der Waals surface area contributed by atoms with Gasteiger partial charge >= 0.3 is 11.9 Å². The van der Waals surface area contributed by atoms with E-state index in [4.69, 9.17) is 24.8 Å². The summed E-state index contributed by atoms with van der Waals surface area (Å²) in [6, 6.07) is 3.60. The molecule has 7 nitrogen and oxygen atoms in total. The SMILES string of the molecule is C/C(=C\CC/C(C)=C/CC[C@]1(C)CCc2cc(OC(=O)CCC(=O)O)cc(C)c2O1)CCC=C(CO)CO. The van der Waals surface area contributed by atoms with Gasteiger partial charge < -0.3 is 24.8 Å². The zero-order valence-corrected chi connectivity index (χ0v) is 23.3. The quantitative estimate of drug-likeness (QED) is 0.145. The minimum Gasteiger partial charge on any atom is -0.487 e. The third kappa shape index (κ3) is 10.8. The number of aryl methyl sites for hydroxylation is 2. The molecule has 1 heterocycles. The molecular formula is C31H44O7. The molecule has 7 heteroatoms. The van der Waals surface area contributed by atoms with Crippen LogP contribution in [0.2, 0.25) is 0 Å². The van der Waals surface area contributed by atoms with Gasteiger partial charge in [0.25, 0.3) is 0 Å². The van der Waals surface area contributed by atoms with E-state index < -0.39 is 11.9 Å². The van der Waals surface area contributed by atoms with Gasteiger partial charge in [-0.05, 0) is 108 Å². The molecule has 0 amide bonds. The topological polar surface area (TPSA) is 113 Å². The highest BCUT2D eigenvalue weighted by molar-refractivity contribution is 5.78. The van der Waals surface area contributed by atoms with Gasteiger partial charge in [-0.2, -0.15) is 0 Å². The van der Waals surface area contributed by atoms with Crippen molar-refractivity contribution < 1.29 is 34.4 Å². The zero-order chi connectivity index (χ0) is 28.1. The molecule has 0 saturated heterocycles. The number of hydrogen-bond acceptors (Lipinski definition) is 6.